The molecule has 6 heteroatoms. The molecule has 0 amide bonds. The lowest BCUT2D eigenvalue weighted by atomic mass is 10.0. The van der Waals surface area contributed by atoms with E-state index in [1.807, 2.05) is 42.5 Å². The molecule has 0 radical (unpaired) electrons. The molecule has 22 heavy (non-hydrogen) atoms. The van der Waals surface area contributed by atoms with Gasteiger partial charge in [-0.3, -0.25) is 0 Å². The Morgan fingerprint density at radius 1 is 1.05 bits per heavy atom. The molecule has 1 aromatic heterocycles. The lowest BCUT2D eigenvalue weighted by molar-refractivity contribution is 0.415. The van der Waals surface area contributed by atoms with Crippen molar-refractivity contribution in [3.05, 3.63) is 42.0 Å². The summed E-state index contributed by atoms with van der Waals surface area (Å²) < 4.78 is 5.21. The number of aromatic nitrogens is 2. The van der Waals surface area contributed by atoms with Crippen LogP contribution in [0, 0.1) is 11.3 Å². The molecule has 0 saturated carbocycles. The molecule has 0 atom stereocenters. The lowest BCUT2D eigenvalue weighted by Crippen LogP contribution is -2.04. The zero-order valence-corrected chi connectivity index (χ0v) is 11.9. The van der Waals surface area contributed by atoms with Crippen molar-refractivity contribution in [2.75, 3.05) is 18.6 Å². The molecule has 3 rings (SSSR count). The van der Waals surface area contributed by atoms with E-state index >= 15 is 0 Å². The van der Waals surface area contributed by atoms with Gasteiger partial charge >= 0.3 is 0 Å². The summed E-state index contributed by atoms with van der Waals surface area (Å²) in [5, 5.41) is 11.3. The Kier molecular flexibility index (Phi) is 3.24. The standard InChI is InChI=1S/C16H13N5O/c1-22-12-5-4-9-6-11(3-2-10(9)7-12)14-13(8-17)15(18)21-16(19)20-14/h2-7H,1H3,(H4,18,19,20,21). The van der Waals surface area contributed by atoms with Crippen LogP contribution in [-0.2, 0) is 0 Å². The summed E-state index contributed by atoms with van der Waals surface area (Å²) in [6, 6.07) is 13.5. The van der Waals surface area contributed by atoms with Gasteiger partial charge in [-0.15, -0.1) is 0 Å². The minimum absolute atomic E-state index is 0.0429. The Labute approximate surface area is 127 Å². The van der Waals surface area contributed by atoms with E-state index in [4.69, 9.17) is 16.2 Å². The molecule has 0 bridgehead atoms. The van der Waals surface area contributed by atoms with Crippen molar-refractivity contribution in [1.29, 1.82) is 5.26 Å². The first-order valence-corrected chi connectivity index (χ1v) is 6.53. The van der Waals surface area contributed by atoms with Gasteiger partial charge in [-0.05, 0) is 29.0 Å². The van der Waals surface area contributed by atoms with E-state index in [0.29, 0.717) is 5.69 Å². The molecule has 4 N–H and O–H groups in total. The third-order valence-electron chi connectivity index (χ3n) is 3.39. The third kappa shape index (κ3) is 2.25. The van der Waals surface area contributed by atoms with Crippen LogP contribution in [0.25, 0.3) is 22.0 Å². The predicted octanol–water partition coefficient (Wildman–Crippen LogP) is 2.34. The Morgan fingerprint density at radius 2 is 1.77 bits per heavy atom. The Bertz CT molecular complexity index is 914. The monoisotopic (exact) mass is 291 g/mol. The highest BCUT2D eigenvalue weighted by Gasteiger charge is 2.13. The number of methoxy groups -OCH3 is 1. The minimum Gasteiger partial charge on any atom is -0.497 e. The molecule has 0 spiro atoms. The van der Waals surface area contributed by atoms with E-state index in [2.05, 4.69) is 9.97 Å². The number of nitrogens with zero attached hydrogens (tertiary/aromatic N) is 3. The van der Waals surface area contributed by atoms with Crippen LogP contribution in [0.5, 0.6) is 5.75 Å². The molecule has 0 aliphatic heterocycles. The van der Waals surface area contributed by atoms with Crippen LogP contribution in [-0.4, -0.2) is 17.1 Å². The van der Waals surface area contributed by atoms with Crippen LogP contribution < -0.4 is 16.2 Å². The van der Waals surface area contributed by atoms with Gasteiger partial charge in [0.1, 0.15) is 23.2 Å². The molecule has 1 heterocycles. The van der Waals surface area contributed by atoms with Gasteiger partial charge in [-0.2, -0.15) is 10.2 Å². The molecule has 108 valence electrons. The second-order valence-electron chi connectivity index (χ2n) is 4.73. The van der Waals surface area contributed by atoms with Gasteiger partial charge < -0.3 is 16.2 Å². The Morgan fingerprint density at radius 3 is 2.50 bits per heavy atom. The smallest absolute Gasteiger partial charge is 0.222 e. The van der Waals surface area contributed by atoms with Crippen molar-refractivity contribution in [3.63, 3.8) is 0 Å². The number of nitrogen functional groups attached to an aromatic ring is 2. The summed E-state index contributed by atoms with van der Waals surface area (Å²) >= 11 is 0. The van der Waals surface area contributed by atoms with Crippen LogP contribution in [0.1, 0.15) is 5.56 Å². The summed E-state index contributed by atoms with van der Waals surface area (Å²) in [5.74, 6) is 0.912. The number of nitrogens with two attached hydrogens (primary N) is 2. The number of benzene rings is 2. The largest absolute Gasteiger partial charge is 0.497 e. The minimum atomic E-state index is 0.0429. The maximum absolute atomic E-state index is 9.27. The number of hydrogen-bond acceptors (Lipinski definition) is 6. The fourth-order valence-electron chi connectivity index (χ4n) is 2.31. The highest BCUT2D eigenvalue weighted by molar-refractivity contribution is 5.89. The molecule has 0 saturated heterocycles. The molecule has 0 aliphatic carbocycles. The van der Waals surface area contributed by atoms with Crippen LogP contribution in [0.2, 0.25) is 0 Å². The van der Waals surface area contributed by atoms with Gasteiger partial charge in [-0.25, -0.2) is 4.98 Å². The molecule has 3 aromatic rings. The van der Waals surface area contributed by atoms with Crippen LogP contribution in [0.4, 0.5) is 11.8 Å². The lowest BCUT2D eigenvalue weighted by Gasteiger charge is -2.08. The molecule has 0 fully saturated rings. The van der Waals surface area contributed by atoms with Crippen molar-refractivity contribution in [3.8, 4) is 23.1 Å². The number of fused-ring (bicyclic) bond motifs is 1. The van der Waals surface area contributed by atoms with Gasteiger partial charge in [0.05, 0.1) is 12.8 Å². The first-order chi connectivity index (χ1) is 10.6. The number of hydrogen-bond donors (Lipinski definition) is 2. The van der Waals surface area contributed by atoms with Crippen molar-refractivity contribution >= 4 is 22.5 Å². The van der Waals surface area contributed by atoms with Crippen molar-refractivity contribution in [1.82, 2.24) is 9.97 Å². The van der Waals surface area contributed by atoms with E-state index in [-0.39, 0.29) is 17.3 Å². The third-order valence-corrected chi connectivity index (χ3v) is 3.39. The van der Waals surface area contributed by atoms with Gasteiger partial charge in [0.2, 0.25) is 5.95 Å². The topological polar surface area (TPSA) is 111 Å². The highest BCUT2D eigenvalue weighted by atomic mass is 16.5. The zero-order valence-electron chi connectivity index (χ0n) is 11.9. The Hall–Kier alpha value is -3.33. The molecular formula is C16H13N5O. The fourth-order valence-corrected chi connectivity index (χ4v) is 2.31. The van der Waals surface area contributed by atoms with Crippen molar-refractivity contribution in [2.45, 2.75) is 0 Å². The number of ether oxygens (including phenoxy) is 1. The summed E-state index contributed by atoms with van der Waals surface area (Å²) in [6.07, 6.45) is 0. The fraction of sp³-hybridized carbons (Fsp3) is 0.0625. The highest BCUT2D eigenvalue weighted by Crippen LogP contribution is 2.29. The van der Waals surface area contributed by atoms with Gasteiger partial charge in [0.15, 0.2) is 0 Å². The average Bonchev–Trinajstić information content (AvgIpc) is 2.53. The van der Waals surface area contributed by atoms with E-state index in [0.717, 1.165) is 22.1 Å². The van der Waals surface area contributed by atoms with E-state index in [9.17, 15) is 5.26 Å². The van der Waals surface area contributed by atoms with E-state index in [1.165, 1.54) is 0 Å². The second-order valence-corrected chi connectivity index (χ2v) is 4.73. The van der Waals surface area contributed by atoms with Gasteiger partial charge in [-0.1, -0.05) is 18.2 Å². The molecular weight excluding hydrogens is 278 g/mol. The summed E-state index contributed by atoms with van der Waals surface area (Å²) in [5.41, 5.74) is 12.8. The summed E-state index contributed by atoms with van der Waals surface area (Å²) in [4.78, 5) is 7.98. The number of anilines is 2. The van der Waals surface area contributed by atoms with Crippen LogP contribution in [0.3, 0.4) is 0 Å². The Balaban J connectivity index is 2.21. The number of nitriles is 1. The van der Waals surface area contributed by atoms with E-state index < -0.39 is 0 Å². The first kappa shape index (κ1) is 13.6. The zero-order chi connectivity index (χ0) is 15.7. The SMILES string of the molecule is COc1ccc2cc(-c3nc(N)nc(N)c3C#N)ccc2c1. The molecule has 6 nitrogen and oxygen atoms in total. The maximum Gasteiger partial charge on any atom is 0.222 e. The van der Waals surface area contributed by atoms with Crippen LogP contribution in [0.15, 0.2) is 36.4 Å². The maximum atomic E-state index is 9.27. The second kappa shape index (κ2) is 5.22. The summed E-state index contributed by atoms with van der Waals surface area (Å²) in [6.45, 7) is 0. The normalized spacial score (nSPS) is 10.4. The first-order valence-electron chi connectivity index (χ1n) is 6.53. The van der Waals surface area contributed by atoms with Gasteiger partial charge in [0.25, 0.3) is 0 Å². The van der Waals surface area contributed by atoms with Crippen molar-refractivity contribution in [2.24, 2.45) is 0 Å². The summed E-state index contributed by atoms with van der Waals surface area (Å²) in [7, 11) is 1.63. The predicted molar refractivity (Wildman–Crippen MR) is 85.1 cm³/mol. The van der Waals surface area contributed by atoms with Crippen molar-refractivity contribution < 1.29 is 4.74 Å². The van der Waals surface area contributed by atoms with E-state index in [1.54, 1.807) is 7.11 Å². The van der Waals surface area contributed by atoms with Crippen LogP contribution >= 0.6 is 0 Å². The average molecular weight is 291 g/mol. The molecule has 0 unspecified atom stereocenters. The quantitative estimate of drug-likeness (QED) is 0.749. The van der Waals surface area contributed by atoms with Gasteiger partial charge in [0, 0.05) is 5.56 Å². The number of rotatable bonds is 2. The molecule has 2 aromatic carbocycles. The molecule has 0 aliphatic rings.